The molecule has 2 aliphatic carbocycles. The van der Waals surface area contributed by atoms with Crippen molar-refractivity contribution in [2.24, 2.45) is 23.5 Å². The zero-order valence-electron chi connectivity index (χ0n) is 15.8. The van der Waals surface area contributed by atoms with Crippen LogP contribution in [0.3, 0.4) is 0 Å². The minimum Gasteiger partial charge on any atom is -0.391 e. The van der Waals surface area contributed by atoms with Gasteiger partial charge in [0.1, 0.15) is 0 Å². The van der Waals surface area contributed by atoms with Crippen molar-refractivity contribution in [2.45, 2.75) is 69.1 Å². The van der Waals surface area contributed by atoms with E-state index in [1.54, 1.807) is 5.48 Å². The zero-order valence-corrected chi connectivity index (χ0v) is 15.8. The van der Waals surface area contributed by atoms with Gasteiger partial charge in [-0.25, -0.2) is 5.48 Å². The minimum absolute atomic E-state index is 0.0323. The van der Waals surface area contributed by atoms with Crippen LogP contribution in [0.4, 0.5) is 0 Å². The van der Waals surface area contributed by atoms with Crippen LogP contribution in [0.5, 0.6) is 0 Å². The molecule has 2 bridgehead atoms. The molecule has 0 radical (unpaired) electrons. The molecule has 0 aromatic heterocycles. The summed E-state index contributed by atoms with van der Waals surface area (Å²) in [6.45, 7) is 0. The van der Waals surface area contributed by atoms with Crippen LogP contribution in [-0.2, 0) is 11.2 Å². The number of carbonyl (C=O) groups is 1. The normalized spacial score (nSPS) is 31.0. The number of hydroxylamine groups is 1. The number of fused-ring (bicyclic) bond motifs is 2. The highest BCUT2D eigenvalue weighted by molar-refractivity contribution is 5.79. The average Bonchev–Trinajstić information content (AvgIpc) is 2.65. The van der Waals surface area contributed by atoms with Crippen molar-refractivity contribution in [3.8, 4) is 0 Å². The van der Waals surface area contributed by atoms with E-state index in [0.717, 1.165) is 44.1 Å². The van der Waals surface area contributed by atoms with E-state index in [1.807, 2.05) is 30.3 Å². The Morgan fingerprint density at radius 1 is 1.15 bits per heavy atom. The Morgan fingerprint density at radius 2 is 1.70 bits per heavy atom. The summed E-state index contributed by atoms with van der Waals surface area (Å²) < 4.78 is 0. The molecule has 3 rings (SSSR count). The maximum Gasteiger partial charge on any atom is 0.249 e. The van der Waals surface area contributed by atoms with E-state index < -0.39 is 29.6 Å². The van der Waals surface area contributed by atoms with Gasteiger partial charge >= 0.3 is 0 Å². The van der Waals surface area contributed by atoms with Gasteiger partial charge in [-0.2, -0.15) is 0 Å². The Hall–Kier alpha value is -1.47. The van der Waals surface area contributed by atoms with Gasteiger partial charge in [0.15, 0.2) is 0 Å². The first-order valence-corrected chi connectivity index (χ1v) is 10.1. The Bertz CT molecular complexity index is 602. The summed E-state index contributed by atoms with van der Waals surface area (Å²) in [6.07, 6.45) is 5.23. The zero-order chi connectivity index (χ0) is 19.4. The number of carbonyl (C=O) groups excluding carboxylic acids is 1. The fourth-order valence-electron chi connectivity index (χ4n) is 5.36. The average molecular weight is 376 g/mol. The summed E-state index contributed by atoms with van der Waals surface area (Å²) in [7, 11) is 0. The van der Waals surface area contributed by atoms with Crippen molar-refractivity contribution < 1.29 is 20.2 Å². The molecular weight excluding hydrogens is 344 g/mol. The molecule has 6 heteroatoms. The molecule has 2 fully saturated rings. The summed E-state index contributed by atoms with van der Waals surface area (Å²) in [5, 5.41) is 31.6. The molecule has 1 aromatic carbocycles. The molecule has 0 heterocycles. The number of benzene rings is 1. The number of nitrogens with one attached hydrogen (secondary N) is 1. The number of nitrogens with two attached hydrogens (primary N) is 1. The topological polar surface area (TPSA) is 116 Å². The van der Waals surface area contributed by atoms with Crippen molar-refractivity contribution in [3.63, 3.8) is 0 Å². The van der Waals surface area contributed by atoms with Gasteiger partial charge in [-0.3, -0.25) is 10.0 Å². The van der Waals surface area contributed by atoms with Crippen LogP contribution < -0.4 is 11.2 Å². The first kappa shape index (κ1) is 20.3. The highest BCUT2D eigenvalue weighted by atomic mass is 16.5. The van der Waals surface area contributed by atoms with Gasteiger partial charge in [0, 0.05) is 6.04 Å². The van der Waals surface area contributed by atoms with E-state index in [0.29, 0.717) is 6.42 Å². The maximum atomic E-state index is 12.5. The Balaban J connectivity index is 1.76. The van der Waals surface area contributed by atoms with Crippen molar-refractivity contribution in [3.05, 3.63) is 35.9 Å². The predicted octanol–water partition coefficient (Wildman–Crippen LogP) is 1.76. The SMILES string of the molecule is N[C@@H](Cc1ccccc1)[C@@H](O)C[C@H](C(=O)NO)C1(O)C2CCCC1CCC2. The number of aliphatic hydroxyl groups is 2. The van der Waals surface area contributed by atoms with Crippen LogP contribution in [-0.4, -0.2) is 39.1 Å². The van der Waals surface area contributed by atoms with Crippen LogP contribution in [0.25, 0.3) is 0 Å². The Kier molecular flexibility index (Phi) is 6.52. The Labute approximate surface area is 160 Å². The molecule has 27 heavy (non-hydrogen) atoms. The summed E-state index contributed by atoms with van der Waals surface area (Å²) >= 11 is 0. The van der Waals surface area contributed by atoms with Crippen LogP contribution in [0.15, 0.2) is 30.3 Å². The third-order valence-electron chi connectivity index (χ3n) is 6.79. The fraction of sp³-hybridized carbons (Fsp3) is 0.667. The summed E-state index contributed by atoms with van der Waals surface area (Å²) in [5.41, 5.74) is 7.75. The molecule has 3 atom stereocenters. The second kappa shape index (κ2) is 8.69. The summed E-state index contributed by atoms with van der Waals surface area (Å²) in [4.78, 5) is 12.5. The van der Waals surface area contributed by atoms with Crippen LogP contribution in [0.2, 0.25) is 0 Å². The van der Waals surface area contributed by atoms with Gasteiger partial charge < -0.3 is 15.9 Å². The van der Waals surface area contributed by atoms with E-state index in [4.69, 9.17) is 5.73 Å². The molecular formula is C21H32N2O4. The lowest BCUT2D eigenvalue weighted by molar-refractivity contribution is -0.181. The molecule has 0 spiro atoms. The second-order valence-electron chi connectivity index (χ2n) is 8.33. The molecule has 0 unspecified atom stereocenters. The lowest BCUT2D eigenvalue weighted by Crippen LogP contribution is -2.60. The van der Waals surface area contributed by atoms with Crippen LogP contribution in [0, 0.1) is 17.8 Å². The number of hydrogen-bond acceptors (Lipinski definition) is 5. The van der Waals surface area contributed by atoms with E-state index in [2.05, 4.69) is 0 Å². The molecule has 150 valence electrons. The molecule has 2 aliphatic rings. The maximum absolute atomic E-state index is 12.5. The first-order valence-electron chi connectivity index (χ1n) is 10.1. The highest BCUT2D eigenvalue weighted by Crippen LogP contribution is 2.52. The number of hydrogen-bond donors (Lipinski definition) is 5. The van der Waals surface area contributed by atoms with Gasteiger partial charge in [0.2, 0.25) is 5.91 Å². The third-order valence-corrected chi connectivity index (χ3v) is 6.79. The van der Waals surface area contributed by atoms with Crippen molar-refractivity contribution in [1.29, 1.82) is 0 Å². The largest absolute Gasteiger partial charge is 0.391 e. The Morgan fingerprint density at radius 3 is 2.22 bits per heavy atom. The third kappa shape index (κ3) is 4.19. The number of rotatable bonds is 7. The quantitative estimate of drug-likeness (QED) is 0.367. The van der Waals surface area contributed by atoms with E-state index in [-0.39, 0.29) is 18.3 Å². The van der Waals surface area contributed by atoms with Crippen LogP contribution in [0.1, 0.15) is 50.5 Å². The van der Waals surface area contributed by atoms with Gasteiger partial charge in [0.05, 0.1) is 17.6 Å². The highest BCUT2D eigenvalue weighted by Gasteiger charge is 2.55. The number of aliphatic hydroxyl groups excluding tert-OH is 1. The lowest BCUT2D eigenvalue weighted by Gasteiger charge is -2.53. The van der Waals surface area contributed by atoms with E-state index in [9.17, 15) is 20.2 Å². The fourth-order valence-corrected chi connectivity index (χ4v) is 5.36. The van der Waals surface area contributed by atoms with E-state index >= 15 is 0 Å². The molecule has 1 amide bonds. The van der Waals surface area contributed by atoms with Crippen molar-refractivity contribution >= 4 is 5.91 Å². The van der Waals surface area contributed by atoms with Gasteiger partial charge in [-0.1, -0.05) is 43.2 Å². The molecule has 0 saturated heterocycles. The summed E-state index contributed by atoms with van der Waals surface area (Å²) in [5.74, 6) is -1.42. The molecule has 1 aromatic rings. The monoisotopic (exact) mass is 376 g/mol. The molecule has 2 saturated carbocycles. The van der Waals surface area contributed by atoms with Gasteiger partial charge in [-0.15, -0.1) is 0 Å². The van der Waals surface area contributed by atoms with Gasteiger partial charge in [-0.05, 0) is 55.9 Å². The molecule has 6 nitrogen and oxygen atoms in total. The summed E-state index contributed by atoms with van der Waals surface area (Å²) in [6, 6.07) is 9.11. The smallest absolute Gasteiger partial charge is 0.249 e. The second-order valence-corrected chi connectivity index (χ2v) is 8.33. The predicted molar refractivity (Wildman–Crippen MR) is 102 cm³/mol. The van der Waals surface area contributed by atoms with E-state index in [1.165, 1.54) is 0 Å². The molecule has 0 aliphatic heterocycles. The van der Waals surface area contributed by atoms with Crippen molar-refractivity contribution in [2.75, 3.05) is 0 Å². The standard InChI is InChI=1S/C21H32N2O4/c22-18(12-14-6-2-1-3-7-14)19(24)13-17(20(25)23-27)21(26)15-8-4-9-16(21)11-5-10-15/h1-3,6-7,15-19,24,26-27H,4-5,8-13,22H2,(H,23,25)/t15?,16?,17-,18+,19+,21?/m1/s1. The number of amides is 1. The lowest BCUT2D eigenvalue weighted by atomic mass is 9.56. The van der Waals surface area contributed by atoms with Gasteiger partial charge in [0.25, 0.3) is 0 Å². The van der Waals surface area contributed by atoms with Crippen LogP contribution >= 0.6 is 0 Å². The first-order chi connectivity index (χ1) is 13.0. The minimum atomic E-state index is -1.18. The molecule has 6 N–H and O–H groups in total. The van der Waals surface area contributed by atoms with Crippen molar-refractivity contribution in [1.82, 2.24) is 5.48 Å².